The second-order valence-electron chi connectivity index (χ2n) is 9.37. The van der Waals surface area contributed by atoms with Crippen LogP contribution >= 0.6 is 0 Å². The number of nitrogens with zero attached hydrogens (tertiary/aromatic N) is 2. The van der Waals surface area contributed by atoms with Gasteiger partial charge in [-0.3, -0.25) is 15.0 Å². The summed E-state index contributed by atoms with van der Waals surface area (Å²) in [4.78, 5) is 29.6. The van der Waals surface area contributed by atoms with Gasteiger partial charge in [-0.2, -0.15) is 4.72 Å². The lowest BCUT2D eigenvalue weighted by atomic mass is 9.71. The molecule has 2 saturated heterocycles. The number of fused-ring (bicyclic) bond motifs is 1. The number of likely N-dealkylation sites (N-methyl/N-ethyl adjacent to an activating group) is 1. The molecule has 0 bridgehead atoms. The van der Waals surface area contributed by atoms with Crippen LogP contribution in [0.5, 0.6) is 0 Å². The molecule has 2 amide bonds. The van der Waals surface area contributed by atoms with E-state index < -0.39 is 27.5 Å². The SMILES string of the molecule is CNC(=O)C1(NS(=O)(=O)c2ccc3ccccc3c2)[C]([C@@H]2CCCN(C(=N)N)C2)CCCN1C(C)=O. The van der Waals surface area contributed by atoms with Crippen molar-refractivity contribution in [2.75, 3.05) is 26.7 Å². The molecule has 193 valence electrons. The molecule has 2 aliphatic rings. The van der Waals surface area contributed by atoms with Crippen molar-refractivity contribution in [2.24, 2.45) is 11.7 Å². The van der Waals surface area contributed by atoms with Crippen LogP contribution in [0.4, 0.5) is 0 Å². The number of nitrogens with two attached hydrogens (primary N) is 1. The summed E-state index contributed by atoms with van der Waals surface area (Å²) < 4.78 is 30.4. The Morgan fingerprint density at radius 1 is 1.11 bits per heavy atom. The highest BCUT2D eigenvalue weighted by Gasteiger charge is 2.58. The summed E-state index contributed by atoms with van der Waals surface area (Å²) in [7, 11) is -2.81. The van der Waals surface area contributed by atoms with E-state index in [4.69, 9.17) is 11.1 Å². The molecule has 4 rings (SSSR count). The molecule has 11 heteroatoms. The third kappa shape index (κ3) is 4.64. The highest BCUT2D eigenvalue weighted by Crippen LogP contribution is 2.43. The normalized spacial score (nSPS) is 23.4. The van der Waals surface area contributed by atoms with Gasteiger partial charge in [-0.25, -0.2) is 8.42 Å². The minimum absolute atomic E-state index is 0.00640. The van der Waals surface area contributed by atoms with Crippen molar-refractivity contribution >= 4 is 38.6 Å². The summed E-state index contributed by atoms with van der Waals surface area (Å²) >= 11 is 0. The molecule has 10 nitrogen and oxygen atoms in total. The van der Waals surface area contributed by atoms with Crippen LogP contribution < -0.4 is 15.8 Å². The van der Waals surface area contributed by atoms with Gasteiger partial charge in [-0.1, -0.05) is 30.3 Å². The number of guanidine groups is 1. The van der Waals surface area contributed by atoms with E-state index in [0.29, 0.717) is 38.3 Å². The first-order valence-electron chi connectivity index (χ1n) is 12.1. The molecule has 2 fully saturated rings. The Labute approximate surface area is 211 Å². The van der Waals surface area contributed by atoms with Crippen LogP contribution in [0.25, 0.3) is 10.8 Å². The second-order valence-corrected chi connectivity index (χ2v) is 11.1. The maximum Gasteiger partial charge on any atom is 0.262 e. The molecule has 0 saturated carbocycles. The molecular weight excluding hydrogens is 480 g/mol. The number of sulfonamides is 1. The van der Waals surface area contributed by atoms with Gasteiger partial charge in [0.25, 0.3) is 5.91 Å². The predicted molar refractivity (Wildman–Crippen MR) is 137 cm³/mol. The molecule has 1 unspecified atom stereocenters. The number of benzene rings is 2. The number of carbonyl (C=O) groups is 2. The van der Waals surface area contributed by atoms with Crippen molar-refractivity contribution < 1.29 is 18.0 Å². The van der Waals surface area contributed by atoms with Crippen LogP contribution in [0.3, 0.4) is 0 Å². The first-order chi connectivity index (χ1) is 17.1. The molecule has 1 radical (unpaired) electrons. The van der Waals surface area contributed by atoms with E-state index in [-0.39, 0.29) is 23.3 Å². The fraction of sp³-hybridized carbons (Fsp3) is 0.440. The van der Waals surface area contributed by atoms with Crippen LogP contribution in [0, 0.1) is 17.2 Å². The molecule has 2 aliphatic heterocycles. The number of hydrogen-bond acceptors (Lipinski definition) is 5. The van der Waals surface area contributed by atoms with E-state index in [2.05, 4.69) is 10.0 Å². The number of hydrogen-bond donors (Lipinski definition) is 4. The van der Waals surface area contributed by atoms with Crippen LogP contribution in [-0.4, -0.2) is 68.3 Å². The van der Waals surface area contributed by atoms with E-state index in [1.54, 1.807) is 17.0 Å². The number of amides is 2. The van der Waals surface area contributed by atoms with Crippen LogP contribution in [-0.2, 0) is 19.6 Å². The average Bonchev–Trinajstić information content (AvgIpc) is 2.87. The summed E-state index contributed by atoms with van der Waals surface area (Å²) in [5.41, 5.74) is 3.86. The summed E-state index contributed by atoms with van der Waals surface area (Å²) in [5.74, 6) is -0.699. The summed E-state index contributed by atoms with van der Waals surface area (Å²) in [6.45, 7) is 2.57. The highest BCUT2D eigenvalue weighted by molar-refractivity contribution is 7.89. The number of piperidine rings is 2. The Hall–Kier alpha value is -3.18. The molecule has 36 heavy (non-hydrogen) atoms. The lowest BCUT2D eigenvalue weighted by Crippen LogP contribution is -2.74. The zero-order valence-corrected chi connectivity index (χ0v) is 21.4. The lowest BCUT2D eigenvalue weighted by Gasteiger charge is -2.53. The molecular formula is C25H33N6O4S. The van der Waals surface area contributed by atoms with Crippen molar-refractivity contribution in [2.45, 2.75) is 43.2 Å². The molecule has 0 aliphatic carbocycles. The molecule has 0 spiro atoms. The lowest BCUT2D eigenvalue weighted by molar-refractivity contribution is -0.149. The molecule has 2 aromatic carbocycles. The van der Waals surface area contributed by atoms with Crippen LogP contribution in [0.2, 0.25) is 0 Å². The van der Waals surface area contributed by atoms with Crippen LogP contribution in [0.1, 0.15) is 32.6 Å². The van der Waals surface area contributed by atoms with Gasteiger partial charge in [0.05, 0.1) is 4.90 Å². The number of rotatable bonds is 5. The van der Waals surface area contributed by atoms with Gasteiger partial charge in [-0.05, 0) is 54.5 Å². The quantitative estimate of drug-likeness (QED) is 0.351. The molecule has 2 heterocycles. The Kier molecular flexibility index (Phi) is 7.24. The third-order valence-electron chi connectivity index (χ3n) is 7.20. The minimum Gasteiger partial charge on any atom is -0.370 e. The number of carbonyl (C=O) groups excluding carboxylic acids is 2. The zero-order valence-electron chi connectivity index (χ0n) is 20.6. The fourth-order valence-corrected chi connectivity index (χ4v) is 6.90. The maximum atomic E-state index is 13.8. The first kappa shape index (κ1) is 25.9. The summed E-state index contributed by atoms with van der Waals surface area (Å²) in [5, 5.41) is 12.1. The van der Waals surface area contributed by atoms with Crippen LogP contribution in [0.15, 0.2) is 47.4 Å². The van der Waals surface area contributed by atoms with Gasteiger partial charge >= 0.3 is 0 Å². The van der Waals surface area contributed by atoms with Gasteiger partial charge in [0.15, 0.2) is 11.6 Å². The third-order valence-corrected chi connectivity index (χ3v) is 8.64. The largest absolute Gasteiger partial charge is 0.370 e. The maximum absolute atomic E-state index is 13.8. The van der Waals surface area contributed by atoms with E-state index in [1.165, 1.54) is 24.9 Å². The van der Waals surface area contributed by atoms with E-state index in [9.17, 15) is 18.0 Å². The zero-order chi connectivity index (χ0) is 26.1. The molecule has 2 aromatic rings. The van der Waals surface area contributed by atoms with Crippen molar-refractivity contribution in [3.05, 3.63) is 48.4 Å². The second kappa shape index (κ2) is 10.1. The molecule has 0 aromatic heterocycles. The summed E-state index contributed by atoms with van der Waals surface area (Å²) in [6.07, 6.45) is 2.49. The van der Waals surface area contributed by atoms with Crippen molar-refractivity contribution in [3.63, 3.8) is 0 Å². The Balaban J connectivity index is 1.82. The van der Waals surface area contributed by atoms with Gasteiger partial charge in [0.1, 0.15) is 0 Å². The molecule has 2 atom stereocenters. The van der Waals surface area contributed by atoms with Crippen molar-refractivity contribution in [1.29, 1.82) is 5.41 Å². The Morgan fingerprint density at radius 3 is 2.50 bits per heavy atom. The molecule has 5 N–H and O–H groups in total. The first-order valence-corrected chi connectivity index (χ1v) is 13.6. The van der Waals surface area contributed by atoms with Gasteiger partial charge < -0.3 is 20.9 Å². The smallest absolute Gasteiger partial charge is 0.262 e. The average molecular weight is 514 g/mol. The number of likely N-dealkylation sites (tertiary alicyclic amines) is 2. The Morgan fingerprint density at radius 2 is 1.83 bits per heavy atom. The number of nitrogens with one attached hydrogen (secondary N) is 3. The standard InChI is InChI=1S/C25H33N6O4S/c1-17(32)31-14-6-10-22(20-9-5-13-30(16-20)24(26)27)25(31,23(33)28-2)29-36(34,35)21-12-11-18-7-3-4-8-19(18)15-21/h3-4,7-8,11-12,15,20,29H,5-6,9-10,13-14,16H2,1-2H3,(H3,26,27)(H,28,33)/t20-,25?/m1/s1. The van der Waals surface area contributed by atoms with E-state index in [0.717, 1.165) is 17.2 Å². The predicted octanol–water partition coefficient (Wildman–Crippen LogP) is 1.38. The Bertz CT molecular complexity index is 1280. The van der Waals surface area contributed by atoms with Gasteiger partial charge in [0.2, 0.25) is 15.9 Å². The van der Waals surface area contributed by atoms with Gasteiger partial charge in [-0.15, -0.1) is 0 Å². The monoisotopic (exact) mass is 513 g/mol. The van der Waals surface area contributed by atoms with Crippen molar-refractivity contribution in [3.8, 4) is 0 Å². The highest BCUT2D eigenvalue weighted by atomic mass is 32.2. The topological polar surface area (TPSA) is 149 Å². The van der Waals surface area contributed by atoms with E-state index >= 15 is 0 Å². The summed E-state index contributed by atoms with van der Waals surface area (Å²) in [6, 6.07) is 12.2. The van der Waals surface area contributed by atoms with Crippen molar-refractivity contribution in [1.82, 2.24) is 19.8 Å². The fourth-order valence-electron chi connectivity index (χ4n) is 5.53. The van der Waals surface area contributed by atoms with Gasteiger partial charge in [0, 0.05) is 39.5 Å². The van der Waals surface area contributed by atoms with E-state index in [1.807, 2.05) is 24.3 Å². The minimum atomic E-state index is -4.24.